The van der Waals surface area contributed by atoms with Gasteiger partial charge in [-0.15, -0.1) is 0 Å². The fraction of sp³-hybridized carbons (Fsp3) is 0.500. The third kappa shape index (κ3) is 3.01. The molecule has 0 saturated carbocycles. The SMILES string of the molecule is CN1CCN(Cc2ccncc2)CC1C(N)=O. The highest BCUT2D eigenvalue weighted by Crippen LogP contribution is 2.11. The Morgan fingerprint density at radius 3 is 2.82 bits per heavy atom. The van der Waals surface area contributed by atoms with Gasteiger partial charge in [-0.05, 0) is 24.7 Å². The van der Waals surface area contributed by atoms with Gasteiger partial charge in [-0.25, -0.2) is 0 Å². The van der Waals surface area contributed by atoms with Crippen LogP contribution in [0.1, 0.15) is 5.56 Å². The molecule has 1 fully saturated rings. The van der Waals surface area contributed by atoms with Crippen LogP contribution in [0.25, 0.3) is 0 Å². The standard InChI is InChI=1S/C12H18N4O/c1-15-6-7-16(9-11(15)12(13)17)8-10-2-4-14-5-3-10/h2-5,11H,6-9H2,1H3,(H2,13,17). The van der Waals surface area contributed by atoms with Gasteiger partial charge in [0.2, 0.25) is 5.91 Å². The molecular formula is C12H18N4O. The third-order valence-electron chi connectivity index (χ3n) is 3.22. The van der Waals surface area contributed by atoms with Gasteiger partial charge >= 0.3 is 0 Å². The second kappa shape index (κ2) is 5.25. The molecule has 5 heteroatoms. The summed E-state index contributed by atoms with van der Waals surface area (Å²) in [4.78, 5) is 19.6. The molecule has 1 unspecified atom stereocenters. The maximum absolute atomic E-state index is 11.3. The highest BCUT2D eigenvalue weighted by molar-refractivity contribution is 5.80. The molecule has 2 rings (SSSR count). The van der Waals surface area contributed by atoms with Crippen molar-refractivity contribution in [3.8, 4) is 0 Å². The lowest BCUT2D eigenvalue weighted by atomic mass is 10.1. The van der Waals surface area contributed by atoms with Gasteiger partial charge in [-0.3, -0.25) is 19.6 Å². The van der Waals surface area contributed by atoms with Gasteiger partial charge in [0.05, 0.1) is 0 Å². The van der Waals surface area contributed by atoms with Gasteiger partial charge in [0.1, 0.15) is 6.04 Å². The molecule has 2 heterocycles. The monoisotopic (exact) mass is 234 g/mol. The molecule has 0 radical (unpaired) electrons. The molecule has 0 aliphatic carbocycles. The lowest BCUT2D eigenvalue weighted by Gasteiger charge is -2.37. The van der Waals surface area contributed by atoms with E-state index >= 15 is 0 Å². The zero-order valence-electron chi connectivity index (χ0n) is 10.0. The molecule has 1 aliphatic rings. The number of primary amides is 1. The maximum atomic E-state index is 11.3. The molecule has 1 aromatic rings. The first-order valence-corrected chi connectivity index (χ1v) is 5.77. The quantitative estimate of drug-likeness (QED) is 0.779. The Bertz CT molecular complexity index is 381. The molecule has 1 atom stereocenters. The fourth-order valence-electron chi connectivity index (χ4n) is 2.13. The maximum Gasteiger partial charge on any atom is 0.236 e. The van der Waals surface area contributed by atoms with Crippen molar-refractivity contribution in [2.75, 3.05) is 26.7 Å². The molecule has 1 aromatic heterocycles. The van der Waals surface area contributed by atoms with Crippen LogP contribution in [0.5, 0.6) is 0 Å². The van der Waals surface area contributed by atoms with E-state index in [1.165, 1.54) is 5.56 Å². The van der Waals surface area contributed by atoms with Crippen LogP contribution < -0.4 is 5.73 Å². The fourth-order valence-corrected chi connectivity index (χ4v) is 2.13. The molecule has 1 saturated heterocycles. The van der Waals surface area contributed by atoms with Crippen LogP contribution in [-0.2, 0) is 11.3 Å². The van der Waals surface area contributed by atoms with E-state index in [1.54, 1.807) is 12.4 Å². The number of amides is 1. The first-order valence-electron chi connectivity index (χ1n) is 5.77. The average Bonchev–Trinajstić information content (AvgIpc) is 2.32. The largest absolute Gasteiger partial charge is 0.368 e. The predicted octanol–water partition coefficient (Wildman–Crippen LogP) is -0.317. The first kappa shape index (κ1) is 12.0. The smallest absolute Gasteiger partial charge is 0.236 e. The van der Waals surface area contributed by atoms with Crippen molar-refractivity contribution >= 4 is 5.91 Å². The Kier molecular flexibility index (Phi) is 3.71. The summed E-state index contributed by atoms with van der Waals surface area (Å²) in [6.45, 7) is 3.38. The topological polar surface area (TPSA) is 62.5 Å². The highest BCUT2D eigenvalue weighted by Gasteiger charge is 2.28. The number of piperazine rings is 1. The summed E-state index contributed by atoms with van der Waals surface area (Å²) in [5.74, 6) is -0.244. The molecule has 0 aromatic carbocycles. The van der Waals surface area contributed by atoms with Crippen molar-refractivity contribution in [2.45, 2.75) is 12.6 Å². The van der Waals surface area contributed by atoms with E-state index in [0.717, 1.165) is 19.6 Å². The van der Waals surface area contributed by atoms with Crippen molar-refractivity contribution in [1.29, 1.82) is 0 Å². The van der Waals surface area contributed by atoms with Crippen LogP contribution in [0.15, 0.2) is 24.5 Å². The highest BCUT2D eigenvalue weighted by atomic mass is 16.1. The number of carbonyl (C=O) groups is 1. The summed E-state index contributed by atoms with van der Waals surface area (Å²) in [5, 5.41) is 0. The predicted molar refractivity (Wildman–Crippen MR) is 65.1 cm³/mol. The number of aromatic nitrogens is 1. The second-order valence-electron chi connectivity index (χ2n) is 4.49. The Morgan fingerprint density at radius 1 is 1.47 bits per heavy atom. The molecular weight excluding hydrogens is 216 g/mol. The molecule has 0 bridgehead atoms. The molecule has 5 nitrogen and oxygen atoms in total. The van der Waals surface area contributed by atoms with Crippen molar-refractivity contribution in [3.05, 3.63) is 30.1 Å². The summed E-state index contributed by atoms with van der Waals surface area (Å²) < 4.78 is 0. The second-order valence-corrected chi connectivity index (χ2v) is 4.49. The minimum Gasteiger partial charge on any atom is -0.368 e. The van der Waals surface area contributed by atoms with E-state index in [2.05, 4.69) is 9.88 Å². The van der Waals surface area contributed by atoms with Crippen LogP contribution in [0, 0.1) is 0 Å². The van der Waals surface area contributed by atoms with E-state index in [4.69, 9.17) is 5.73 Å². The van der Waals surface area contributed by atoms with Gasteiger partial charge in [-0.1, -0.05) is 0 Å². The van der Waals surface area contributed by atoms with Crippen molar-refractivity contribution in [2.24, 2.45) is 5.73 Å². The van der Waals surface area contributed by atoms with Gasteiger partial charge in [0.15, 0.2) is 0 Å². The van der Waals surface area contributed by atoms with Crippen LogP contribution in [0.4, 0.5) is 0 Å². The van der Waals surface area contributed by atoms with Crippen molar-refractivity contribution in [3.63, 3.8) is 0 Å². The number of pyridine rings is 1. The Labute approximate surface area is 101 Å². The number of carbonyl (C=O) groups excluding carboxylic acids is 1. The summed E-state index contributed by atoms with van der Waals surface area (Å²) in [6.07, 6.45) is 3.58. The number of hydrogen-bond donors (Lipinski definition) is 1. The summed E-state index contributed by atoms with van der Waals surface area (Å²) in [6, 6.07) is 3.82. The number of nitrogens with zero attached hydrogens (tertiary/aromatic N) is 3. The minimum absolute atomic E-state index is 0.175. The van der Waals surface area contributed by atoms with E-state index in [-0.39, 0.29) is 11.9 Å². The lowest BCUT2D eigenvalue weighted by Crippen LogP contribution is -2.56. The minimum atomic E-state index is -0.244. The molecule has 1 amide bonds. The Hall–Kier alpha value is -1.46. The van der Waals surface area contributed by atoms with Crippen LogP contribution in [0.2, 0.25) is 0 Å². The van der Waals surface area contributed by atoms with Gasteiger partial charge in [0.25, 0.3) is 0 Å². The van der Waals surface area contributed by atoms with Gasteiger partial charge < -0.3 is 5.73 Å². The molecule has 0 spiro atoms. The number of hydrogen-bond acceptors (Lipinski definition) is 4. The molecule has 2 N–H and O–H groups in total. The van der Waals surface area contributed by atoms with E-state index in [9.17, 15) is 4.79 Å². The zero-order chi connectivity index (χ0) is 12.3. The van der Waals surface area contributed by atoms with E-state index < -0.39 is 0 Å². The Balaban J connectivity index is 1.97. The van der Waals surface area contributed by atoms with Crippen LogP contribution >= 0.6 is 0 Å². The summed E-state index contributed by atoms with van der Waals surface area (Å²) in [7, 11) is 1.94. The van der Waals surface area contributed by atoms with Crippen LogP contribution in [-0.4, -0.2) is 53.4 Å². The molecule has 17 heavy (non-hydrogen) atoms. The van der Waals surface area contributed by atoms with E-state index in [0.29, 0.717) is 6.54 Å². The first-order chi connectivity index (χ1) is 8.16. The van der Waals surface area contributed by atoms with Crippen LogP contribution in [0.3, 0.4) is 0 Å². The zero-order valence-corrected chi connectivity index (χ0v) is 10.0. The number of likely N-dealkylation sites (N-methyl/N-ethyl adjacent to an activating group) is 1. The third-order valence-corrected chi connectivity index (χ3v) is 3.22. The summed E-state index contributed by atoms with van der Waals surface area (Å²) in [5.41, 5.74) is 6.61. The summed E-state index contributed by atoms with van der Waals surface area (Å²) >= 11 is 0. The van der Waals surface area contributed by atoms with Crippen molar-refractivity contribution < 1.29 is 4.79 Å². The van der Waals surface area contributed by atoms with Gasteiger partial charge in [0, 0.05) is 38.6 Å². The normalized spacial score (nSPS) is 22.5. The molecule has 1 aliphatic heterocycles. The average molecular weight is 234 g/mol. The molecule has 92 valence electrons. The van der Waals surface area contributed by atoms with Crippen molar-refractivity contribution in [1.82, 2.24) is 14.8 Å². The number of nitrogens with two attached hydrogens (primary N) is 1. The Morgan fingerprint density at radius 2 is 2.18 bits per heavy atom. The number of rotatable bonds is 3. The van der Waals surface area contributed by atoms with Gasteiger partial charge in [-0.2, -0.15) is 0 Å². The lowest BCUT2D eigenvalue weighted by molar-refractivity contribution is -0.125. The van der Waals surface area contributed by atoms with E-state index in [1.807, 2.05) is 24.1 Å².